The minimum Gasteiger partial charge on any atom is -0.408 e. The maximum Gasteiger partial charge on any atom is 0.420 e. The molecule has 0 bridgehead atoms. The third-order valence-electron chi connectivity index (χ3n) is 7.47. The summed E-state index contributed by atoms with van der Waals surface area (Å²) >= 11 is 0. The summed E-state index contributed by atoms with van der Waals surface area (Å²) in [6.07, 6.45) is 8.84. The second-order valence-electron chi connectivity index (χ2n) is 9.88. The molecule has 4 rings (SSSR count). The Kier molecular flexibility index (Phi) is 6.58. The first kappa shape index (κ1) is 23.5. The Morgan fingerprint density at radius 1 is 1.16 bits per heavy atom. The largest absolute Gasteiger partial charge is 0.420 e. The van der Waals surface area contributed by atoms with Crippen molar-refractivity contribution in [1.82, 2.24) is 9.47 Å². The average molecular weight is 465 g/mol. The van der Waals surface area contributed by atoms with Crippen LogP contribution in [0.3, 0.4) is 0 Å². The maximum absolute atomic E-state index is 12.7. The van der Waals surface area contributed by atoms with Crippen LogP contribution in [0.15, 0.2) is 26.2 Å². The van der Waals surface area contributed by atoms with Gasteiger partial charge in [0.2, 0.25) is 0 Å². The van der Waals surface area contributed by atoms with Gasteiger partial charge in [0.1, 0.15) is 0 Å². The molecule has 1 aliphatic carbocycles. The molecule has 7 nitrogen and oxygen atoms in total. The Balaban J connectivity index is 1.49. The van der Waals surface area contributed by atoms with Crippen LogP contribution in [0.25, 0.3) is 11.1 Å². The molecule has 1 saturated heterocycles. The minimum atomic E-state index is -3.38. The number of rotatable bonds is 6. The predicted molar refractivity (Wildman–Crippen MR) is 125 cm³/mol. The zero-order chi connectivity index (χ0) is 23.1. The van der Waals surface area contributed by atoms with E-state index in [1.807, 2.05) is 0 Å². The number of aryl methyl sites for hydroxylation is 1. The molecule has 1 aliphatic heterocycles. The van der Waals surface area contributed by atoms with Gasteiger partial charge in [-0.1, -0.05) is 6.92 Å². The van der Waals surface area contributed by atoms with E-state index in [4.69, 9.17) is 9.15 Å². The Morgan fingerprint density at radius 3 is 2.41 bits per heavy atom. The van der Waals surface area contributed by atoms with E-state index >= 15 is 0 Å². The van der Waals surface area contributed by atoms with Crippen molar-refractivity contribution in [2.45, 2.75) is 88.3 Å². The number of fused-ring (bicyclic) bond motifs is 1. The van der Waals surface area contributed by atoms with E-state index in [-0.39, 0.29) is 16.5 Å². The van der Waals surface area contributed by atoms with Crippen molar-refractivity contribution in [3.05, 3.63) is 28.2 Å². The summed E-state index contributed by atoms with van der Waals surface area (Å²) < 4.78 is 37.5. The molecule has 32 heavy (non-hydrogen) atoms. The molecule has 1 aromatic carbocycles. The second kappa shape index (κ2) is 8.95. The van der Waals surface area contributed by atoms with Crippen molar-refractivity contribution in [3.63, 3.8) is 0 Å². The molecule has 0 amide bonds. The van der Waals surface area contributed by atoms with Gasteiger partial charge in [0.05, 0.1) is 16.5 Å². The van der Waals surface area contributed by atoms with E-state index in [1.165, 1.54) is 6.26 Å². The monoisotopic (exact) mass is 464 g/mol. The number of likely N-dealkylation sites (tertiary alicyclic amines) is 1. The molecule has 2 fully saturated rings. The van der Waals surface area contributed by atoms with E-state index in [0.29, 0.717) is 22.8 Å². The summed E-state index contributed by atoms with van der Waals surface area (Å²) in [4.78, 5) is 15.5. The van der Waals surface area contributed by atoms with Crippen molar-refractivity contribution < 1.29 is 17.6 Å². The van der Waals surface area contributed by atoms with Crippen LogP contribution in [0.2, 0.25) is 0 Å². The van der Waals surface area contributed by atoms with E-state index in [2.05, 4.69) is 18.7 Å². The Labute approximate surface area is 190 Å². The van der Waals surface area contributed by atoms with E-state index < -0.39 is 15.6 Å². The van der Waals surface area contributed by atoms with Crippen LogP contribution >= 0.6 is 0 Å². The summed E-state index contributed by atoms with van der Waals surface area (Å²) in [5.74, 6) is -0.400. The van der Waals surface area contributed by atoms with Gasteiger partial charge < -0.3 is 9.15 Å². The fourth-order valence-corrected chi connectivity index (χ4v) is 6.52. The standard InChI is InChI=1S/C24H36N2O5S/c1-5-14-30-19-6-10-24(3,11-7-19)25-12-8-18(9-13-25)26-20-16-22(32(4,28)29)17(2)15-21(20)31-23(26)27/h15-16,18-19H,5-14H2,1-4H3/t19-,24-. The van der Waals surface area contributed by atoms with Crippen molar-refractivity contribution in [2.24, 2.45) is 0 Å². The Morgan fingerprint density at radius 2 is 1.81 bits per heavy atom. The quantitative estimate of drug-likeness (QED) is 0.641. The first-order valence-electron chi connectivity index (χ1n) is 11.8. The average Bonchev–Trinajstić information content (AvgIpc) is 3.06. The highest BCUT2D eigenvalue weighted by atomic mass is 32.2. The second-order valence-corrected chi connectivity index (χ2v) is 11.9. The van der Waals surface area contributed by atoms with Gasteiger partial charge in [-0.05, 0) is 76.5 Å². The molecule has 178 valence electrons. The summed E-state index contributed by atoms with van der Waals surface area (Å²) in [5, 5.41) is 0. The normalized spacial score (nSPS) is 26.1. The van der Waals surface area contributed by atoms with Crippen LogP contribution in [-0.2, 0) is 14.6 Å². The van der Waals surface area contributed by atoms with Gasteiger partial charge in [-0.15, -0.1) is 0 Å². The fourth-order valence-electron chi connectivity index (χ4n) is 5.55. The zero-order valence-electron chi connectivity index (χ0n) is 19.7. The van der Waals surface area contributed by atoms with Gasteiger partial charge in [-0.25, -0.2) is 13.2 Å². The molecule has 8 heteroatoms. The number of aromatic nitrogens is 1. The van der Waals surface area contributed by atoms with Crippen LogP contribution in [0, 0.1) is 6.92 Å². The first-order valence-corrected chi connectivity index (χ1v) is 13.7. The van der Waals surface area contributed by atoms with Crippen LogP contribution in [0.5, 0.6) is 0 Å². The molecule has 1 saturated carbocycles. The Bertz CT molecular complexity index is 1120. The number of ether oxygens (including phenoxy) is 1. The third kappa shape index (κ3) is 4.54. The van der Waals surface area contributed by atoms with Gasteiger partial charge in [-0.3, -0.25) is 9.47 Å². The minimum absolute atomic E-state index is 0.0166. The zero-order valence-corrected chi connectivity index (χ0v) is 20.5. The van der Waals surface area contributed by atoms with E-state index in [9.17, 15) is 13.2 Å². The van der Waals surface area contributed by atoms with Crippen molar-refractivity contribution in [1.29, 1.82) is 0 Å². The number of piperidine rings is 1. The summed E-state index contributed by atoms with van der Waals surface area (Å²) in [6.45, 7) is 8.94. The van der Waals surface area contributed by atoms with Crippen molar-refractivity contribution in [3.8, 4) is 0 Å². The summed E-state index contributed by atoms with van der Waals surface area (Å²) in [6, 6.07) is 3.29. The predicted octanol–water partition coefficient (Wildman–Crippen LogP) is 4.07. The van der Waals surface area contributed by atoms with Gasteiger partial charge in [0, 0.05) is 37.5 Å². The smallest absolute Gasteiger partial charge is 0.408 e. The van der Waals surface area contributed by atoms with Crippen LogP contribution in [0.4, 0.5) is 0 Å². The Hall–Kier alpha value is -1.64. The lowest BCUT2D eigenvalue weighted by atomic mass is 9.79. The highest BCUT2D eigenvalue weighted by Gasteiger charge is 2.39. The SMILES string of the molecule is CCCO[C@H]1CC[C@](C)(N2CCC(n3c(=O)oc4cc(C)c(S(C)(=O)=O)cc43)CC2)CC1. The van der Waals surface area contributed by atoms with Gasteiger partial charge in [0.25, 0.3) is 0 Å². The van der Waals surface area contributed by atoms with Gasteiger partial charge in [0.15, 0.2) is 15.4 Å². The van der Waals surface area contributed by atoms with E-state index in [0.717, 1.165) is 64.6 Å². The topological polar surface area (TPSA) is 81.8 Å². The first-order chi connectivity index (χ1) is 15.1. The van der Waals surface area contributed by atoms with Gasteiger partial charge >= 0.3 is 5.76 Å². The molecule has 0 unspecified atom stereocenters. The fraction of sp³-hybridized carbons (Fsp3) is 0.708. The highest BCUT2D eigenvalue weighted by Crippen LogP contribution is 2.38. The van der Waals surface area contributed by atoms with Crippen LogP contribution in [-0.4, -0.2) is 55.5 Å². The van der Waals surface area contributed by atoms with Crippen LogP contribution < -0.4 is 5.76 Å². The lowest BCUT2D eigenvalue weighted by Gasteiger charge is -2.48. The molecule has 2 aromatic rings. The number of hydrogen-bond donors (Lipinski definition) is 0. The molecule has 2 aliphatic rings. The number of nitrogens with zero attached hydrogens (tertiary/aromatic N) is 2. The lowest BCUT2D eigenvalue weighted by Crippen LogP contribution is -2.53. The van der Waals surface area contributed by atoms with E-state index in [1.54, 1.807) is 23.6 Å². The van der Waals surface area contributed by atoms with Crippen molar-refractivity contribution in [2.75, 3.05) is 26.0 Å². The maximum atomic E-state index is 12.7. The van der Waals surface area contributed by atoms with Crippen LogP contribution in [0.1, 0.15) is 70.4 Å². The molecule has 0 radical (unpaired) electrons. The third-order valence-corrected chi connectivity index (χ3v) is 8.71. The molecular formula is C24H36N2O5S. The van der Waals surface area contributed by atoms with Gasteiger partial charge in [-0.2, -0.15) is 0 Å². The summed E-state index contributed by atoms with van der Waals surface area (Å²) in [7, 11) is -3.38. The summed E-state index contributed by atoms with van der Waals surface area (Å²) in [5.41, 5.74) is 1.82. The lowest BCUT2D eigenvalue weighted by molar-refractivity contribution is -0.0306. The number of oxazole rings is 1. The molecule has 0 spiro atoms. The molecular weight excluding hydrogens is 428 g/mol. The molecule has 0 N–H and O–H groups in total. The number of benzene rings is 1. The van der Waals surface area contributed by atoms with Crippen molar-refractivity contribution >= 4 is 20.9 Å². The molecule has 2 heterocycles. The number of hydrogen-bond acceptors (Lipinski definition) is 6. The highest BCUT2D eigenvalue weighted by molar-refractivity contribution is 7.90. The number of sulfone groups is 1. The molecule has 0 atom stereocenters. The molecule has 1 aromatic heterocycles.